The number of aliphatic hydroxyl groups excluding tert-OH is 1. The van der Waals surface area contributed by atoms with Crippen LogP contribution in [0.15, 0.2) is 0 Å². The molecule has 0 aliphatic carbocycles. The number of aliphatic carboxylic acids is 1. The number of nitrogens with zero attached hydrogens (tertiary/aromatic N) is 1. The van der Waals surface area contributed by atoms with Crippen LogP contribution in [-0.2, 0) is 9.59 Å². The molecular weight excluding hydrogens is 200 g/mol. The van der Waals surface area contributed by atoms with Crippen molar-refractivity contribution >= 4 is 11.9 Å². The van der Waals surface area contributed by atoms with Gasteiger partial charge in [0, 0.05) is 26.6 Å². The predicted molar refractivity (Wildman–Crippen MR) is 54.5 cm³/mol. The van der Waals surface area contributed by atoms with Crippen molar-refractivity contribution in [2.75, 3.05) is 32.8 Å². The van der Waals surface area contributed by atoms with Gasteiger partial charge in [-0.3, -0.25) is 14.5 Å². The van der Waals surface area contributed by atoms with Gasteiger partial charge in [-0.25, -0.2) is 0 Å². The summed E-state index contributed by atoms with van der Waals surface area (Å²) in [5.74, 6) is -1.01. The molecule has 1 amide bonds. The zero-order valence-corrected chi connectivity index (χ0v) is 8.90. The minimum atomic E-state index is -0.914. The third kappa shape index (κ3) is 9.17. The minimum Gasteiger partial charge on any atom is -0.480 e. The van der Waals surface area contributed by atoms with Crippen LogP contribution in [0.1, 0.15) is 13.3 Å². The Morgan fingerprint density at radius 3 is 2.47 bits per heavy atom. The van der Waals surface area contributed by atoms with Crippen LogP contribution in [0, 0.1) is 0 Å². The number of aliphatic hydroxyl groups is 1. The fraction of sp³-hybridized carbons (Fsp3) is 0.778. The van der Waals surface area contributed by atoms with Crippen LogP contribution in [0.25, 0.3) is 0 Å². The first-order chi connectivity index (χ1) is 7.06. The lowest BCUT2D eigenvalue weighted by atomic mass is 10.3. The maximum atomic E-state index is 10.5. The van der Waals surface area contributed by atoms with E-state index in [-0.39, 0.29) is 19.1 Å². The number of rotatable bonds is 8. The van der Waals surface area contributed by atoms with Gasteiger partial charge >= 0.3 is 5.97 Å². The highest BCUT2D eigenvalue weighted by molar-refractivity contribution is 5.72. The molecule has 3 N–H and O–H groups in total. The zero-order chi connectivity index (χ0) is 11.7. The molecule has 0 bridgehead atoms. The van der Waals surface area contributed by atoms with Crippen molar-refractivity contribution in [1.29, 1.82) is 0 Å². The Morgan fingerprint density at radius 1 is 1.33 bits per heavy atom. The molecular formula is C9H18N2O4. The van der Waals surface area contributed by atoms with Gasteiger partial charge in [0.05, 0.1) is 13.2 Å². The summed E-state index contributed by atoms with van der Waals surface area (Å²) in [6.45, 7) is 2.70. The van der Waals surface area contributed by atoms with Crippen LogP contribution in [-0.4, -0.2) is 59.8 Å². The molecule has 0 heterocycles. The summed E-state index contributed by atoms with van der Waals surface area (Å²) < 4.78 is 0. The number of hydrogen-bond acceptors (Lipinski definition) is 4. The van der Waals surface area contributed by atoms with E-state index in [0.29, 0.717) is 26.1 Å². The fourth-order valence-corrected chi connectivity index (χ4v) is 1.17. The summed E-state index contributed by atoms with van der Waals surface area (Å²) in [5.41, 5.74) is 0. The Morgan fingerprint density at radius 2 is 2.00 bits per heavy atom. The fourth-order valence-electron chi connectivity index (χ4n) is 1.17. The smallest absolute Gasteiger partial charge is 0.317 e. The number of hydrogen-bond donors (Lipinski definition) is 3. The molecule has 6 nitrogen and oxygen atoms in total. The number of amides is 1. The SMILES string of the molecule is CC(=O)NCCCN(CCO)CC(=O)O. The van der Waals surface area contributed by atoms with Crippen molar-refractivity contribution in [2.24, 2.45) is 0 Å². The van der Waals surface area contributed by atoms with Crippen LogP contribution < -0.4 is 5.32 Å². The van der Waals surface area contributed by atoms with E-state index < -0.39 is 5.97 Å². The third-order valence-electron chi connectivity index (χ3n) is 1.80. The van der Waals surface area contributed by atoms with Crippen molar-refractivity contribution in [2.45, 2.75) is 13.3 Å². The van der Waals surface area contributed by atoms with Gasteiger partial charge in [-0.15, -0.1) is 0 Å². The average molecular weight is 218 g/mol. The van der Waals surface area contributed by atoms with Crippen LogP contribution in [0.2, 0.25) is 0 Å². The van der Waals surface area contributed by atoms with Crippen LogP contribution in [0.3, 0.4) is 0 Å². The maximum absolute atomic E-state index is 10.5. The highest BCUT2D eigenvalue weighted by Crippen LogP contribution is 1.90. The van der Waals surface area contributed by atoms with Crippen molar-refractivity contribution < 1.29 is 19.8 Å². The summed E-state index contributed by atoms with van der Waals surface area (Å²) in [7, 11) is 0. The van der Waals surface area contributed by atoms with Gasteiger partial charge in [-0.2, -0.15) is 0 Å². The molecule has 6 heteroatoms. The summed E-state index contributed by atoms with van der Waals surface area (Å²) >= 11 is 0. The normalized spacial score (nSPS) is 10.3. The van der Waals surface area contributed by atoms with Gasteiger partial charge in [0.2, 0.25) is 5.91 Å². The number of carboxylic acids is 1. The van der Waals surface area contributed by atoms with E-state index in [1.54, 1.807) is 4.90 Å². The van der Waals surface area contributed by atoms with Crippen LogP contribution in [0.5, 0.6) is 0 Å². The number of carbonyl (C=O) groups excluding carboxylic acids is 1. The first-order valence-corrected chi connectivity index (χ1v) is 4.85. The standard InChI is InChI=1S/C9H18N2O4/c1-8(13)10-3-2-4-11(5-6-12)7-9(14)15/h12H,2-7H2,1H3,(H,10,13)(H,14,15). The molecule has 0 saturated carbocycles. The molecule has 88 valence electrons. The molecule has 0 unspecified atom stereocenters. The topological polar surface area (TPSA) is 89.9 Å². The van der Waals surface area contributed by atoms with Gasteiger partial charge in [-0.05, 0) is 6.42 Å². The number of nitrogens with one attached hydrogen (secondary N) is 1. The maximum Gasteiger partial charge on any atom is 0.317 e. The highest BCUT2D eigenvalue weighted by Gasteiger charge is 2.08. The molecule has 0 aromatic carbocycles. The summed E-state index contributed by atoms with van der Waals surface area (Å²) in [5, 5.41) is 19.9. The Kier molecular flexibility index (Phi) is 7.57. The lowest BCUT2D eigenvalue weighted by Crippen LogP contribution is -2.34. The van der Waals surface area contributed by atoms with E-state index in [0.717, 1.165) is 0 Å². The lowest BCUT2D eigenvalue weighted by Gasteiger charge is -2.18. The van der Waals surface area contributed by atoms with E-state index in [4.69, 9.17) is 10.2 Å². The van der Waals surface area contributed by atoms with E-state index in [1.165, 1.54) is 6.92 Å². The first-order valence-electron chi connectivity index (χ1n) is 4.85. The molecule has 0 aliphatic heterocycles. The molecule has 0 atom stereocenters. The summed E-state index contributed by atoms with van der Waals surface area (Å²) in [6, 6.07) is 0. The molecule has 15 heavy (non-hydrogen) atoms. The summed E-state index contributed by atoms with van der Waals surface area (Å²) in [4.78, 5) is 22.6. The van der Waals surface area contributed by atoms with Crippen molar-refractivity contribution in [3.05, 3.63) is 0 Å². The molecule has 0 aliphatic rings. The van der Waals surface area contributed by atoms with Crippen molar-refractivity contribution in [1.82, 2.24) is 10.2 Å². The molecule has 0 spiro atoms. The van der Waals surface area contributed by atoms with E-state index in [2.05, 4.69) is 5.32 Å². The molecule has 0 aromatic heterocycles. The Labute approximate surface area is 88.9 Å². The van der Waals surface area contributed by atoms with Gasteiger partial charge in [0.15, 0.2) is 0 Å². The van der Waals surface area contributed by atoms with Crippen LogP contribution >= 0.6 is 0 Å². The van der Waals surface area contributed by atoms with Crippen molar-refractivity contribution in [3.8, 4) is 0 Å². The predicted octanol–water partition coefficient (Wildman–Crippen LogP) is -1.11. The van der Waals surface area contributed by atoms with Gasteiger partial charge in [0.1, 0.15) is 0 Å². The second-order valence-corrected chi connectivity index (χ2v) is 3.23. The van der Waals surface area contributed by atoms with E-state index in [1.807, 2.05) is 0 Å². The monoisotopic (exact) mass is 218 g/mol. The number of carbonyl (C=O) groups is 2. The zero-order valence-electron chi connectivity index (χ0n) is 8.90. The minimum absolute atomic E-state index is 0.0621. The Bertz CT molecular complexity index is 208. The van der Waals surface area contributed by atoms with Gasteiger partial charge in [0.25, 0.3) is 0 Å². The molecule has 0 saturated heterocycles. The van der Waals surface area contributed by atoms with Crippen molar-refractivity contribution in [3.63, 3.8) is 0 Å². The molecule has 0 radical (unpaired) electrons. The third-order valence-corrected chi connectivity index (χ3v) is 1.80. The molecule has 0 fully saturated rings. The Hall–Kier alpha value is -1.14. The molecule has 0 rings (SSSR count). The van der Waals surface area contributed by atoms with E-state index in [9.17, 15) is 9.59 Å². The Balaban J connectivity index is 3.65. The first kappa shape index (κ1) is 13.9. The van der Waals surface area contributed by atoms with E-state index >= 15 is 0 Å². The van der Waals surface area contributed by atoms with Gasteiger partial charge in [-0.1, -0.05) is 0 Å². The van der Waals surface area contributed by atoms with Crippen LogP contribution in [0.4, 0.5) is 0 Å². The average Bonchev–Trinajstić information content (AvgIpc) is 2.11. The lowest BCUT2D eigenvalue weighted by molar-refractivity contribution is -0.138. The largest absolute Gasteiger partial charge is 0.480 e. The van der Waals surface area contributed by atoms with Gasteiger partial charge < -0.3 is 15.5 Å². The highest BCUT2D eigenvalue weighted by atomic mass is 16.4. The molecule has 0 aromatic rings. The quantitative estimate of drug-likeness (QED) is 0.449. The summed E-state index contributed by atoms with van der Waals surface area (Å²) in [6.07, 6.45) is 0.673. The second-order valence-electron chi connectivity index (χ2n) is 3.23. The number of carboxylic acid groups (broad SMARTS) is 1. The second kappa shape index (κ2) is 8.19.